The predicted octanol–water partition coefficient (Wildman–Crippen LogP) is 4.83. The average molecular weight is 561 g/mol. The van der Waals surface area contributed by atoms with Gasteiger partial charge in [0.2, 0.25) is 5.91 Å². The Balaban J connectivity index is 1.36. The summed E-state index contributed by atoms with van der Waals surface area (Å²) in [6.07, 6.45) is 10.5. The van der Waals surface area contributed by atoms with Gasteiger partial charge in [0.15, 0.2) is 0 Å². The molecule has 2 heterocycles. The maximum Gasteiger partial charge on any atom is 0.481 e. The number of aryl methyl sites for hydroxylation is 1. The van der Waals surface area contributed by atoms with Crippen LogP contribution in [-0.2, 0) is 20.5 Å². The summed E-state index contributed by atoms with van der Waals surface area (Å²) < 4.78 is 13.6. The average Bonchev–Trinajstić information content (AvgIpc) is 3.34. The number of carbonyl (C=O) groups excluding carboxylic acids is 2. The van der Waals surface area contributed by atoms with Crippen LogP contribution in [0.15, 0.2) is 48.9 Å². The van der Waals surface area contributed by atoms with Crippen LogP contribution in [0.1, 0.15) is 82.3 Å². The zero-order valence-corrected chi connectivity index (χ0v) is 25.5. The topological polar surface area (TPSA) is 84.9 Å². The highest BCUT2D eigenvalue weighted by atomic mass is 16.7. The van der Waals surface area contributed by atoms with Crippen molar-refractivity contribution in [3.05, 3.63) is 60.2 Å². The fourth-order valence-electron chi connectivity index (χ4n) is 7.62. The van der Waals surface area contributed by atoms with Crippen LogP contribution >= 0.6 is 0 Å². The van der Waals surface area contributed by atoms with E-state index in [1.165, 1.54) is 35.5 Å². The number of benzene rings is 1. The largest absolute Gasteiger partial charge is 0.481 e. The Kier molecular flexibility index (Phi) is 8.58. The van der Waals surface area contributed by atoms with E-state index in [9.17, 15) is 9.59 Å². The summed E-state index contributed by atoms with van der Waals surface area (Å²) in [6.45, 7) is 8.96. The van der Waals surface area contributed by atoms with Crippen molar-refractivity contribution in [1.82, 2.24) is 19.8 Å². The molecule has 6 atom stereocenters. The van der Waals surface area contributed by atoms with Crippen molar-refractivity contribution >= 4 is 18.9 Å². The Labute approximate surface area is 245 Å². The molecule has 0 radical (unpaired) electrons. The van der Waals surface area contributed by atoms with Gasteiger partial charge in [-0.25, -0.2) is 4.98 Å². The second-order valence-electron chi connectivity index (χ2n) is 13.0. The van der Waals surface area contributed by atoms with Gasteiger partial charge in [0.25, 0.3) is 5.91 Å². The van der Waals surface area contributed by atoms with Crippen molar-refractivity contribution in [3.8, 4) is 0 Å². The quantitative estimate of drug-likeness (QED) is 0.366. The highest BCUT2D eigenvalue weighted by molar-refractivity contribution is 6.47. The first-order valence-corrected chi connectivity index (χ1v) is 15.2. The minimum absolute atomic E-state index is 0.0387. The van der Waals surface area contributed by atoms with Gasteiger partial charge < -0.3 is 19.1 Å². The third kappa shape index (κ3) is 5.55. The number of hydrogen-bond donors (Lipinski definition) is 0. The maximum absolute atomic E-state index is 14.2. The maximum atomic E-state index is 14.2. The van der Waals surface area contributed by atoms with E-state index in [4.69, 9.17) is 9.31 Å². The summed E-state index contributed by atoms with van der Waals surface area (Å²) in [6, 6.07) is 9.81. The molecule has 1 aromatic carbocycles. The van der Waals surface area contributed by atoms with Gasteiger partial charge in [-0.3, -0.25) is 14.6 Å². The van der Waals surface area contributed by atoms with E-state index < -0.39 is 13.2 Å². The highest BCUT2D eigenvalue weighted by Crippen LogP contribution is 2.65. The van der Waals surface area contributed by atoms with Crippen LogP contribution in [0.3, 0.4) is 0 Å². The van der Waals surface area contributed by atoms with Crippen LogP contribution in [0.25, 0.3) is 0 Å². The summed E-state index contributed by atoms with van der Waals surface area (Å²) in [5.74, 6) is 0.408. The SMILES string of the molecule is CCC[C@H](C(=O)N(C)[C@@H](CCCc1ccccc1)B1O[C@@H]2C[C@@H]3C[C@@H](C3(C)C)[C@]2(C)O1)N(C)C(=O)c1cnccn1. The van der Waals surface area contributed by atoms with E-state index >= 15 is 0 Å². The molecular weight excluding hydrogens is 515 g/mol. The summed E-state index contributed by atoms with van der Waals surface area (Å²) in [5.41, 5.74) is 1.39. The van der Waals surface area contributed by atoms with Crippen molar-refractivity contribution in [2.24, 2.45) is 17.3 Å². The molecule has 3 saturated carbocycles. The van der Waals surface area contributed by atoms with E-state index in [0.29, 0.717) is 18.3 Å². The molecule has 3 aliphatic carbocycles. The summed E-state index contributed by atoms with van der Waals surface area (Å²) >= 11 is 0. The number of carbonyl (C=O) groups is 2. The molecule has 0 N–H and O–H groups in total. The van der Waals surface area contributed by atoms with Crippen molar-refractivity contribution in [2.45, 2.75) is 96.3 Å². The number of nitrogens with zero attached hydrogens (tertiary/aromatic N) is 4. The van der Waals surface area contributed by atoms with Gasteiger partial charge in [-0.1, -0.05) is 57.5 Å². The molecule has 1 aromatic heterocycles. The molecular formula is C32H45BN4O4. The molecule has 9 heteroatoms. The molecule has 4 aliphatic rings. The fraction of sp³-hybridized carbons (Fsp3) is 0.625. The molecule has 220 valence electrons. The number of amides is 2. The molecule has 0 unspecified atom stereocenters. The number of rotatable bonds is 11. The molecule has 8 nitrogen and oxygen atoms in total. The zero-order chi connectivity index (χ0) is 29.4. The molecule has 1 saturated heterocycles. The molecule has 2 bridgehead atoms. The van der Waals surface area contributed by atoms with E-state index in [2.05, 4.69) is 55.0 Å². The molecule has 4 fully saturated rings. The first kappa shape index (κ1) is 29.7. The molecule has 2 amide bonds. The second kappa shape index (κ2) is 11.8. The van der Waals surface area contributed by atoms with Crippen molar-refractivity contribution < 1.29 is 18.9 Å². The third-order valence-electron chi connectivity index (χ3n) is 10.4. The van der Waals surface area contributed by atoms with E-state index in [1.807, 2.05) is 20.0 Å². The Morgan fingerprint density at radius 3 is 2.49 bits per heavy atom. The number of likely N-dealkylation sites (N-methyl/N-ethyl adjacent to an activating group) is 2. The second-order valence-corrected chi connectivity index (χ2v) is 13.0. The van der Waals surface area contributed by atoms with E-state index in [0.717, 1.165) is 32.1 Å². The third-order valence-corrected chi connectivity index (χ3v) is 10.4. The molecule has 0 spiro atoms. The van der Waals surface area contributed by atoms with Gasteiger partial charge in [-0.15, -0.1) is 0 Å². The lowest BCUT2D eigenvalue weighted by Gasteiger charge is -2.64. The van der Waals surface area contributed by atoms with Crippen LogP contribution in [0.5, 0.6) is 0 Å². The zero-order valence-electron chi connectivity index (χ0n) is 25.5. The lowest BCUT2D eigenvalue weighted by atomic mass is 9.43. The first-order valence-electron chi connectivity index (χ1n) is 15.2. The Morgan fingerprint density at radius 1 is 1.07 bits per heavy atom. The van der Waals surface area contributed by atoms with Gasteiger partial charge in [-0.05, 0) is 68.3 Å². The van der Waals surface area contributed by atoms with Gasteiger partial charge in [-0.2, -0.15) is 0 Å². The van der Waals surface area contributed by atoms with Crippen LogP contribution < -0.4 is 0 Å². The molecule has 6 rings (SSSR count). The molecule has 2 aromatic rings. The summed E-state index contributed by atoms with van der Waals surface area (Å²) in [4.78, 5) is 39.0. The number of aromatic nitrogens is 2. The van der Waals surface area contributed by atoms with Crippen LogP contribution in [0, 0.1) is 17.3 Å². The normalized spacial score (nSPS) is 27.4. The first-order chi connectivity index (χ1) is 19.6. The Bertz CT molecular complexity index is 1210. The molecule has 41 heavy (non-hydrogen) atoms. The lowest BCUT2D eigenvalue weighted by molar-refractivity contribution is -0.199. The smallest absolute Gasteiger partial charge is 0.404 e. The van der Waals surface area contributed by atoms with Crippen LogP contribution in [0.4, 0.5) is 0 Å². The van der Waals surface area contributed by atoms with Gasteiger partial charge in [0.1, 0.15) is 11.7 Å². The van der Waals surface area contributed by atoms with Crippen molar-refractivity contribution in [1.29, 1.82) is 0 Å². The van der Waals surface area contributed by atoms with Gasteiger partial charge >= 0.3 is 7.12 Å². The summed E-state index contributed by atoms with van der Waals surface area (Å²) in [7, 11) is 3.02. The van der Waals surface area contributed by atoms with Crippen LogP contribution in [-0.4, -0.2) is 76.5 Å². The standard InChI is InChI=1S/C32H45BN4O4/c1-7-12-25(36(5)29(38)24-21-34-17-18-35-24)30(39)37(6)28(16-11-15-22-13-9-8-10-14-22)33-40-27-20-23-19-26(31(23,2)3)32(27,4)41-33/h8-10,13-14,17-18,21,23,25-28H,7,11-12,15-16,19-20H2,1-6H3/t23-,25+,26-,27+,28-,32-/m0/s1. The van der Waals surface area contributed by atoms with Gasteiger partial charge in [0.05, 0.1) is 23.8 Å². The Morgan fingerprint density at radius 2 is 1.83 bits per heavy atom. The van der Waals surface area contributed by atoms with Gasteiger partial charge in [0, 0.05) is 26.5 Å². The van der Waals surface area contributed by atoms with Crippen molar-refractivity contribution in [3.63, 3.8) is 0 Å². The summed E-state index contributed by atoms with van der Waals surface area (Å²) in [5, 5.41) is 0. The van der Waals surface area contributed by atoms with E-state index in [-0.39, 0.29) is 40.6 Å². The van der Waals surface area contributed by atoms with Crippen molar-refractivity contribution in [2.75, 3.05) is 14.1 Å². The van der Waals surface area contributed by atoms with E-state index in [1.54, 1.807) is 11.9 Å². The Hall–Kier alpha value is -2.78. The fourth-order valence-corrected chi connectivity index (χ4v) is 7.62. The lowest BCUT2D eigenvalue weighted by Crippen LogP contribution is -2.65. The minimum atomic E-state index is -0.623. The van der Waals surface area contributed by atoms with Crippen LogP contribution in [0.2, 0.25) is 0 Å². The monoisotopic (exact) mass is 560 g/mol. The predicted molar refractivity (Wildman–Crippen MR) is 159 cm³/mol. The number of hydrogen-bond acceptors (Lipinski definition) is 6. The minimum Gasteiger partial charge on any atom is -0.404 e. The molecule has 1 aliphatic heterocycles. The highest BCUT2D eigenvalue weighted by Gasteiger charge is 2.68.